The van der Waals surface area contributed by atoms with Gasteiger partial charge < -0.3 is 5.32 Å². The van der Waals surface area contributed by atoms with E-state index in [0.717, 1.165) is 11.6 Å². The number of hydrogen-bond acceptors (Lipinski definition) is 4. The fraction of sp³-hybridized carbons (Fsp3) is 0.120. The summed E-state index contributed by atoms with van der Waals surface area (Å²) in [6.07, 6.45) is -2.12. The molecule has 0 radical (unpaired) electrons. The van der Waals surface area contributed by atoms with Crippen LogP contribution in [0, 0.1) is 17.5 Å². The minimum atomic E-state index is -5.28. The molecule has 37 heavy (non-hydrogen) atoms. The Hall–Kier alpha value is -4.16. The maximum Gasteiger partial charge on any atom is 0.471 e. The monoisotopic (exact) mass is 520 g/mol. The number of aromatic nitrogens is 2. The first-order chi connectivity index (χ1) is 17.6. The van der Waals surface area contributed by atoms with E-state index in [9.17, 15) is 31.1 Å². The van der Waals surface area contributed by atoms with Gasteiger partial charge in [-0.2, -0.15) is 13.2 Å². The summed E-state index contributed by atoms with van der Waals surface area (Å²) in [5, 5.41) is 1.60. The Morgan fingerprint density at radius 2 is 1.73 bits per heavy atom. The van der Waals surface area contributed by atoms with Crippen LogP contribution in [0.15, 0.2) is 66.9 Å². The largest absolute Gasteiger partial charge is 0.471 e. The lowest BCUT2D eigenvalue weighted by Crippen LogP contribution is -2.30. The lowest BCUT2D eigenvalue weighted by atomic mass is 9.99. The second kappa shape index (κ2) is 10.4. The van der Waals surface area contributed by atoms with E-state index in [2.05, 4.69) is 10.5 Å². The highest BCUT2D eigenvalue weighted by Crippen LogP contribution is 2.35. The number of carbonyl (C=O) groups excluding carboxylic acids is 1. The molecule has 0 atom stereocenters. The van der Waals surface area contributed by atoms with E-state index in [4.69, 9.17) is 4.84 Å². The number of carbonyl (C=O) groups is 1. The van der Waals surface area contributed by atoms with Crippen molar-refractivity contribution in [2.45, 2.75) is 6.18 Å². The van der Waals surface area contributed by atoms with Gasteiger partial charge >= 0.3 is 12.1 Å². The van der Waals surface area contributed by atoms with E-state index in [1.165, 1.54) is 16.7 Å². The predicted molar refractivity (Wildman–Crippen MR) is 124 cm³/mol. The number of hydroxylamine groups is 1. The molecule has 0 saturated carbocycles. The molecule has 12 heteroatoms. The van der Waals surface area contributed by atoms with Gasteiger partial charge in [-0.1, -0.05) is 30.3 Å². The van der Waals surface area contributed by atoms with Gasteiger partial charge in [-0.15, -0.1) is 0 Å². The zero-order chi connectivity index (χ0) is 26.7. The lowest BCUT2D eigenvalue weighted by Gasteiger charge is -2.12. The number of nitrogens with one attached hydrogen (secondary N) is 2. The number of fused-ring (bicyclic) bond motifs is 1. The second-order valence-electron chi connectivity index (χ2n) is 7.63. The average molecular weight is 520 g/mol. The van der Waals surface area contributed by atoms with Crippen LogP contribution in [0.25, 0.3) is 22.5 Å². The van der Waals surface area contributed by atoms with Gasteiger partial charge in [0.15, 0.2) is 23.3 Å². The molecule has 2 aromatic heterocycles. The number of halogens is 6. The van der Waals surface area contributed by atoms with Crippen LogP contribution in [0.5, 0.6) is 0 Å². The van der Waals surface area contributed by atoms with E-state index in [1.807, 2.05) is 18.2 Å². The van der Waals surface area contributed by atoms with E-state index in [1.54, 1.807) is 36.6 Å². The number of alkyl halides is 3. The Morgan fingerprint density at radius 3 is 2.41 bits per heavy atom. The summed E-state index contributed by atoms with van der Waals surface area (Å²) < 4.78 is 82.6. The minimum Gasteiger partial charge on any atom is -0.301 e. The van der Waals surface area contributed by atoms with Gasteiger partial charge in [0.25, 0.3) is 0 Å². The van der Waals surface area contributed by atoms with Crippen LogP contribution in [0.3, 0.4) is 0 Å². The Morgan fingerprint density at radius 1 is 1.00 bits per heavy atom. The zero-order valence-corrected chi connectivity index (χ0v) is 19.0. The molecule has 0 aliphatic rings. The summed E-state index contributed by atoms with van der Waals surface area (Å²) >= 11 is 0. The Bertz CT molecular complexity index is 1480. The molecule has 0 unspecified atom stereocenters. The topological polar surface area (TPSA) is 67.7 Å². The number of pyridine rings is 1. The number of imidazole rings is 1. The highest BCUT2D eigenvalue weighted by molar-refractivity contribution is 5.98. The Kier molecular flexibility index (Phi) is 7.32. The average Bonchev–Trinajstić information content (AvgIpc) is 3.22. The molecule has 2 aromatic carbocycles. The molecule has 0 spiro atoms. The molecular formula is C25H18F6N4O2. The van der Waals surface area contributed by atoms with E-state index in [0.29, 0.717) is 17.2 Å². The number of anilines is 1. The molecule has 0 saturated heterocycles. The van der Waals surface area contributed by atoms with Crippen LogP contribution in [0.1, 0.15) is 11.1 Å². The van der Waals surface area contributed by atoms with Crippen LogP contribution in [-0.4, -0.2) is 35.1 Å². The van der Waals surface area contributed by atoms with Crippen LogP contribution in [0.2, 0.25) is 0 Å². The first-order valence-corrected chi connectivity index (χ1v) is 10.7. The number of hydrogen-bond donors (Lipinski definition) is 2. The second-order valence-corrected chi connectivity index (χ2v) is 7.63. The van der Waals surface area contributed by atoms with Gasteiger partial charge in [0.1, 0.15) is 11.3 Å². The van der Waals surface area contributed by atoms with Gasteiger partial charge in [0, 0.05) is 18.8 Å². The molecule has 2 N–H and O–H groups in total. The predicted octanol–water partition coefficient (Wildman–Crippen LogP) is 5.50. The van der Waals surface area contributed by atoms with Gasteiger partial charge in [-0.3, -0.25) is 14.0 Å². The standard InChI is InChI=1S/C25H18F6N4O2/c1-32-37-12-11-16(14-5-3-2-4-6-14)15-7-10-19-33-23(34-24(36)25(29,30)31)22(35(19)13-15)17-8-9-18(26)21(28)20(17)27/h2-11,13,32H,12H2,1H3,(H,34,36)/b16-11+. The fourth-order valence-corrected chi connectivity index (χ4v) is 3.66. The molecule has 4 aromatic rings. The molecule has 0 fully saturated rings. The van der Waals surface area contributed by atoms with Crippen molar-refractivity contribution in [3.8, 4) is 11.3 Å². The highest BCUT2D eigenvalue weighted by atomic mass is 19.4. The summed E-state index contributed by atoms with van der Waals surface area (Å²) in [6.45, 7) is 0.139. The summed E-state index contributed by atoms with van der Waals surface area (Å²) in [5.74, 6) is -8.03. The molecule has 4 rings (SSSR count). The Labute approximate surface area is 206 Å². The number of nitrogens with zero attached hydrogens (tertiary/aromatic N) is 2. The lowest BCUT2D eigenvalue weighted by molar-refractivity contribution is -0.167. The highest BCUT2D eigenvalue weighted by Gasteiger charge is 2.40. The van der Waals surface area contributed by atoms with Crippen molar-refractivity contribution < 1.29 is 36.0 Å². The zero-order valence-electron chi connectivity index (χ0n) is 19.0. The molecule has 0 bridgehead atoms. The van der Waals surface area contributed by atoms with Crippen molar-refractivity contribution in [3.05, 3.63) is 95.4 Å². The van der Waals surface area contributed by atoms with Crippen LogP contribution in [-0.2, 0) is 9.63 Å². The first kappa shape index (κ1) is 25.9. The third kappa shape index (κ3) is 5.34. The summed E-state index contributed by atoms with van der Waals surface area (Å²) in [7, 11) is 1.58. The normalized spacial score (nSPS) is 12.2. The van der Waals surface area contributed by atoms with Crippen molar-refractivity contribution in [1.82, 2.24) is 14.9 Å². The van der Waals surface area contributed by atoms with Crippen molar-refractivity contribution in [1.29, 1.82) is 0 Å². The van der Waals surface area contributed by atoms with Gasteiger partial charge in [-0.05, 0) is 47.0 Å². The molecular weight excluding hydrogens is 502 g/mol. The summed E-state index contributed by atoms with van der Waals surface area (Å²) in [4.78, 5) is 20.8. The number of rotatable bonds is 7. The molecule has 6 nitrogen and oxygen atoms in total. The van der Waals surface area contributed by atoms with Gasteiger partial charge in [0.2, 0.25) is 0 Å². The molecule has 0 aliphatic heterocycles. The van der Waals surface area contributed by atoms with Gasteiger partial charge in [-0.25, -0.2) is 23.6 Å². The Balaban J connectivity index is 1.95. The van der Waals surface area contributed by atoms with Crippen LogP contribution >= 0.6 is 0 Å². The molecule has 1 amide bonds. The first-order valence-electron chi connectivity index (χ1n) is 10.7. The molecule has 2 heterocycles. The SMILES string of the molecule is CNOC/C=C(\c1ccccc1)c1ccc2nc(NC(=O)C(F)(F)F)c(-c3ccc(F)c(F)c3F)n2c1. The van der Waals surface area contributed by atoms with Crippen molar-refractivity contribution in [2.75, 3.05) is 19.0 Å². The summed E-state index contributed by atoms with van der Waals surface area (Å²) in [6, 6.07) is 13.5. The van der Waals surface area contributed by atoms with E-state index < -0.39 is 46.6 Å². The maximum atomic E-state index is 14.8. The molecule has 192 valence electrons. The minimum absolute atomic E-state index is 0.0132. The maximum absolute atomic E-state index is 14.8. The van der Waals surface area contributed by atoms with Crippen molar-refractivity contribution >= 4 is 22.9 Å². The van der Waals surface area contributed by atoms with Crippen LogP contribution < -0.4 is 10.8 Å². The van der Waals surface area contributed by atoms with Gasteiger partial charge in [0.05, 0.1) is 6.61 Å². The summed E-state index contributed by atoms with van der Waals surface area (Å²) in [5.41, 5.74) is 3.44. The van der Waals surface area contributed by atoms with Crippen LogP contribution in [0.4, 0.5) is 32.2 Å². The van der Waals surface area contributed by atoms with Crippen molar-refractivity contribution in [3.63, 3.8) is 0 Å². The van der Waals surface area contributed by atoms with Crippen molar-refractivity contribution in [2.24, 2.45) is 0 Å². The molecule has 0 aliphatic carbocycles. The smallest absolute Gasteiger partial charge is 0.301 e. The number of benzene rings is 2. The quantitative estimate of drug-likeness (QED) is 0.146. The number of amides is 1. The third-order valence-electron chi connectivity index (χ3n) is 5.31. The third-order valence-corrected chi connectivity index (χ3v) is 5.31. The van der Waals surface area contributed by atoms with E-state index in [-0.39, 0.29) is 12.3 Å². The van der Waals surface area contributed by atoms with E-state index >= 15 is 0 Å². The fourth-order valence-electron chi connectivity index (χ4n) is 3.66.